The first-order valence-electron chi connectivity index (χ1n) is 8.53. The molecule has 2 aromatic rings. The second-order valence-corrected chi connectivity index (χ2v) is 4.98. The highest BCUT2D eigenvalue weighted by Gasteiger charge is 2.10. The van der Waals surface area contributed by atoms with E-state index in [0.29, 0.717) is 28.4 Å². The number of nitrogens with one attached hydrogen (secondary N) is 1. The van der Waals surface area contributed by atoms with Crippen LogP contribution in [0, 0.1) is 0 Å². The Morgan fingerprint density at radius 3 is 2.42 bits per heavy atom. The summed E-state index contributed by atoms with van der Waals surface area (Å²) in [7, 11) is 0. The molecule has 0 aromatic heterocycles. The Hall–Kier alpha value is -3.27. The van der Waals surface area contributed by atoms with Crippen molar-refractivity contribution in [2.24, 2.45) is 0 Å². The van der Waals surface area contributed by atoms with Gasteiger partial charge in [0, 0.05) is 11.3 Å². The monoisotopic (exact) mass is 350 g/mol. The fourth-order valence-electron chi connectivity index (χ4n) is 2.05. The number of rotatable bonds is 6. The lowest BCUT2D eigenvalue weighted by Crippen LogP contribution is -2.21. The minimum Gasteiger partial charge on any atom is -0.455 e. The van der Waals surface area contributed by atoms with E-state index >= 15 is 0 Å². The maximum atomic E-state index is 12.3. The Morgan fingerprint density at radius 1 is 1.15 bits per heavy atom. The van der Waals surface area contributed by atoms with Crippen molar-refractivity contribution in [3.8, 4) is 11.5 Å². The standard InChI is InChI=1S/C20H20N2O2.C2H6/c1-3-8-16(9-4-2)22-20(23)15-12-13-19(18(21)14-15)24-17-10-6-5-7-11-17;1-2/h3-14H,1,21H2,2H3,(H,22,23);1-2H3/b9-4-,16-8+;. The predicted octanol–water partition coefficient (Wildman–Crippen LogP) is 5.46. The third-order valence-electron chi connectivity index (χ3n) is 3.14. The van der Waals surface area contributed by atoms with E-state index in [0.717, 1.165) is 0 Å². The Morgan fingerprint density at radius 2 is 1.85 bits per heavy atom. The van der Waals surface area contributed by atoms with Crippen LogP contribution in [0.1, 0.15) is 31.1 Å². The van der Waals surface area contributed by atoms with Gasteiger partial charge in [0.2, 0.25) is 0 Å². The largest absolute Gasteiger partial charge is 0.455 e. The molecule has 0 saturated heterocycles. The van der Waals surface area contributed by atoms with E-state index in [4.69, 9.17) is 10.5 Å². The van der Waals surface area contributed by atoms with Gasteiger partial charge in [0.25, 0.3) is 5.91 Å². The molecule has 0 atom stereocenters. The summed E-state index contributed by atoms with van der Waals surface area (Å²) in [6.07, 6.45) is 6.95. The van der Waals surface area contributed by atoms with Crippen LogP contribution < -0.4 is 15.8 Å². The van der Waals surface area contributed by atoms with Gasteiger partial charge in [-0.25, -0.2) is 0 Å². The number of carbonyl (C=O) groups is 1. The number of anilines is 1. The molecule has 0 bridgehead atoms. The van der Waals surface area contributed by atoms with Crippen LogP contribution >= 0.6 is 0 Å². The molecule has 0 fully saturated rings. The van der Waals surface area contributed by atoms with E-state index < -0.39 is 0 Å². The quantitative estimate of drug-likeness (QED) is 0.537. The van der Waals surface area contributed by atoms with E-state index in [1.165, 1.54) is 0 Å². The summed E-state index contributed by atoms with van der Waals surface area (Å²) in [5.74, 6) is 0.943. The molecule has 4 heteroatoms. The Labute approximate surface area is 155 Å². The summed E-state index contributed by atoms with van der Waals surface area (Å²) >= 11 is 0. The topological polar surface area (TPSA) is 64.3 Å². The molecule has 26 heavy (non-hydrogen) atoms. The fourth-order valence-corrected chi connectivity index (χ4v) is 2.05. The van der Waals surface area contributed by atoms with E-state index in [1.54, 1.807) is 36.4 Å². The molecule has 0 spiro atoms. The second kappa shape index (κ2) is 11.3. The second-order valence-electron chi connectivity index (χ2n) is 4.98. The zero-order valence-corrected chi connectivity index (χ0v) is 15.5. The lowest BCUT2D eigenvalue weighted by Gasteiger charge is -2.11. The van der Waals surface area contributed by atoms with Crippen LogP contribution in [0.3, 0.4) is 0 Å². The normalized spacial score (nSPS) is 10.7. The summed E-state index contributed by atoms with van der Waals surface area (Å²) in [6, 6.07) is 14.3. The number of carbonyl (C=O) groups excluding carboxylic acids is 1. The lowest BCUT2D eigenvalue weighted by molar-refractivity contribution is 0.0967. The predicted molar refractivity (Wildman–Crippen MR) is 109 cm³/mol. The molecule has 4 nitrogen and oxygen atoms in total. The van der Waals surface area contributed by atoms with Gasteiger partial charge < -0.3 is 15.8 Å². The van der Waals surface area contributed by atoms with Gasteiger partial charge in [0.1, 0.15) is 11.5 Å². The number of para-hydroxylation sites is 1. The summed E-state index contributed by atoms with van der Waals surface area (Å²) in [5.41, 5.74) is 7.51. The summed E-state index contributed by atoms with van der Waals surface area (Å²) < 4.78 is 5.71. The third-order valence-corrected chi connectivity index (χ3v) is 3.14. The Balaban J connectivity index is 0.00000163. The number of nitrogens with two attached hydrogens (primary N) is 1. The van der Waals surface area contributed by atoms with Gasteiger partial charge >= 0.3 is 0 Å². The smallest absolute Gasteiger partial charge is 0.255 e. The zero-order chi connectivity index (χ0) is 19.4. The lowest BCUT2D eigenvalue weighted by atomic mass is 10.1. The molecule has 0 heterocycles. The van der Waals surface area contributed by atoms with E-state index in [9.17, 15) is 4.79 Å². The highest BCUT2D eigenvalue weighted by molar-refractivity contribution is 5.96. The molecule has 0 saturated carbocycles. The van der Waals surface area contributed by atoms with E-state index in [2.05, 4.69) is 11.9 Å². The average molecular weight is 350 g/mol. The minimum atomic E-state index is -0.251. The molecular weight excluding hydrogens is 324 g/mol. The molecule has 3 N–H and O–H groups in total. The van der Waals surface area contributed by atoms with Crippen molar-refractivity contribution < 1.29 is 9.53 Å². The van der Waals surface area contributed by atoms with Crippen molar-refractivity contribution in [3.05, 3.63) is 90.7 Å². The zero-order valence-electron chi connectivity index (χ0n) is 15.5. The highest BCUT2D eigenvalue weighted by atomic mass is 16.5. The molecule has 0 aliphatic rings. The van der Waals surface area contributed by atoms with Crippen LogP contribution in [0.4, 0.5) is 5.69 Å². The van der Waals surface area contributed by atoms with Crippen molar-refractivity contribution in [1.82, 2.24) is 5.32 Å². The Bertz CT molecular complexity index is 778. The van der Waals surface area contributed by atoms with Gasteiger partial charge in [-0.2, -0.15) is 0 Å². The molecule has 136 valence electrons. The molecule has 0 unspecified atom stereocenters. The number of benzene rings is 2. The average Bonchev–Trinajstić information content (AvgIpc) is 2.66. The summed E-state index contributed by atoms with van der Waals surface area (Å²) in [4.78, 5) is 12.3. The van der Waals surface area contributed by atoms with Crippen molar-refractivity contribution in [2.45, 2.75) is 20.8 Å². The van der Waals surface area contributed by atoms with E-state index in [-0.39, 0.29) is 5.91 Å². The van der Waals surface area contributed by atoms with Gasteiger partial charge in [0.05, 0.1) is 5.69 Å². The van der Waals surface area contributed by atoms with Crippen molar-refractivity contribution in [3.63, 3.8) is 0 Å². The van der Waals surface area contributed by atoms with Gasteiger partial charge in [-0.3, -0.25) is 4.79 Å². The van der Waals surface area contributed by atoms with Crippen LogP contribution in [-0.4, -0.2) is 5.91 Å². The molecule has 1 amide bonds. The maximum Gasteiger partial charge on any atom is 0.255 e. The molecule has 2 rings (SSSR count). The van der Waals surface area contributed by atoms with E-state index in [1.807, 2.05) is 57.2 Å². The van der Waals surface area contributed by atoms with Gasteiger partial charge in [-0.1, -0.05) is 50.8 Å². The minimum absolute atomic E-state index is 0.251. The summed E-state index contributed by atoms with van der Waals surface area (Å²) in [5, 5.41) is 2.80. The van der Waals surface area contributed by atoms with Gasteiger partial charge in [0.15, 0.2) is 0 Å². The van der Waals surface area contributed by atoms with Crippen LogP contribution in [-0.2, 0) is 0 Å². The highest BCUT2D eigenvalue weighted by Crippen LogP contribution is 2.28. The molecule has 2 aromatic carbocycles. The molecule has 0 radical (unpaired) electrons. The SMILES string of the molecule is C=C/C=C(\C=C/C)NC(=O)c1ccc(Oc2ccccc2)c(N)c1.CC. The van der Waals surface area contributed by atoms with Crippen molar-refractivity contribution >= 4 is 11.6 Å². The number of amides is 1. The van der Waals surface area contributed by atoms with Gasteiger partial charge in [-0.05, 0) is 49.4 Å². The first-order valence-corrected chi connectivity index (χ1v) is 8.53. The number of allylic oxidation sites excluding steroid dienone is 4. The number of hydrogen-bond donors (Lipinski definition) is 2. The van der Waals surface area contributed by atoms with Crippen LogP contribution in [0.5, 0.6) is 11.5 Å². The van der Waals surface area contributed by atoms with Crippen molar-refractivity contribution in [1.29, 1.82) is 0 Å². The Kier molecular flexibility index (Phi) is 9.04. The molecule has 0 aliphatic heterocycles. The number of ether oxygens (including phenoxy) is 1. The molecular formula is C22H26N2O2. The van der Waals surface area contributed by atoms with Crippen LogP contribution in [0.15, 0.2) is 85.1 Å². The number of nitrogen functional groups attached to an aromatic ring is 1. The van der Waals surface area contributed by atoms with Crippen LogP contribution in [0.25, 0.3) is 0 Å². The maximum absolute atomic E-state index is 12.3. The fraction of sp³-hybridized carbons (Fsp3) is 0.136. The third kappa shape index (κ3) is 6.32. The van der Waals surface area contributed by atoms with Crippen LogP contribution in [0.2, 0.25) is 0 Å². The van der Waals surface area contributed by atoms with Gasteiger partial charge in [-0.15, -0.1) is 0 Å². The summed E-state index contributed by atoms with van der Waals surface area (Å²) in [6.45, 7) is 9.50. The first kappa shape index (κ1) is 20.8. The molecule has 0 aliphatic carbocycles. The van der Waals surface area contributed by atoms with Crippen molar-refractivity contribution in [2.75, 3.05) is 5.73 Å². The first-order chi connectivity index (χ1) is 12.6. The number of hydrogen-bond acceptors (Lipinski definition) is 3.